The maximum absolute atomic E-state index is 13.8. The summed E-state index contributed by atoms with van der Waals surface area (Å²) in [5.41, 5.74) is 3.19. The molecule has 0 bridgehead atoms. The number of para-hydroxylation sites is 1. The van der Waals surface area contributed by atoms with Crippen LogP contribution in [0.15, 0.2) is 52.4 Å². The molecule has 2 heterocycles. The van der Waals surface area contributed by atoms with E-state index in [0.29, 0.717) is 27.5 Å². The number of rotatable bonds is 6. The highest BCUT2D eigenvalue weighted by molar-refractivity contribution is 7.99. The molecule has 0 aliphatic heterocycles. The summed E-state index contributed by atoms with van der Waals surface area (Å²) in [5.74, 6) is 0.946. The minimum Gasteiger partial charge on any atom is -0.495 e. The van der Waals surface area contributed by atoms with Crippen LogP contribution in [0.4, 0.5) is 5.69 Å². The van der Waals surface area contributed by atoms with Gasteiger partial charge in [-0.2, -0.15) is 0 Å². The Hall–Kier alpha value is -2.81. The molecule has 2 aromatic heterocycles. The van der Waals surface area contributed by atoms with Crippen molar-refractivity contribution in [2.45, 2.75) is 38.3 Å². The maximum atomic E-state index is 13.8. The zero-order chi connectivity index (χ0) is 25.4. The van der Waals surface area contributed by atoms with E-state index in [9.17, 15) is 9.59 Å². The number of thiophene rings is 1. The average Bonchev–Trinajstić information content (AvgIpc) is 3.23. The molecule has 0 saturated carbocycles. The van der Waals surface area contributed by atoms with Crippen molar-refractivity contribution in [3.8, 4) is 11.4 Å². The normalized spacial score (nSPS) is 15.1. The van der Waals surface area contributed by atoms with Gasteiger partial charge in [0.25, 0.3) is 5.56 Å². The predicted octanol–water partition coefficient (Wildman–Crippen LogP) is 6.27. The Morgan fingerprint density at radius 2 is 2.08 bits per heavy atom. The Labute approximate surface area is 222 Å². The van der Waals surface area contributed by atoms with E-state index < -0.39 is 0 Å². The number of hydrogen-bond donors (Lipinski definition) is 1. The third-order valence-corrected chi connectivity index (χ3v) is 8.89. The summed E-state index contributed by atoms with van der Waals surface area (Å²) < 4.78 is 7.01. The van der Waals surface area contributed by atoms with Crippen molar-refractivity contribution >= 4 is 56.5 Å². The van der Waals surface area contributed by atoms with Gasteiger partial charge in [-0.15, -0.1) is 11.3 Å². The average molecular weight is 540 g/mol. The molecule has 186 valence electrons. The Morgan fingerprint density at radius 3 is 2.83 bits per heavy atom. The quantitative estimate of drug-likeness (QED) is 0.231. The second kappa shape index (κ2) is 10.3. The van der Waals surface area contributed by atoms with Crippen molar-refractivity contribution in [1.29, 1.82) is 0 Å². The molecule has 0 spiro atoms. The fourth-order valence-corrected chi connectivity index (χ4v) is 6.91. The summed E-state index contributed by atoms with van der Waals surface area (Å²) >= 11 is 9.05. The number of aryl methyl sites for hydroxylation is 2. The Kier molecular flexibility index (Phi) is 7.10. The van der Waals surface area contributed by atoms with Gasteiger partial charge in [-0.1, -0.05) is 48.5 Å². The Morgan fingerprint density at radius 1 is 1.31 bits per heavy atom. The number of hydrogen-bond acceptors (Lipinski definition) is 6. The number of ether oxygens (including phenoxy) is 1. The summed E-state index contributed by atoms with van der Waals surface area (Å²) in [7, 11) is 1.53. The second-order valence-corrected chi connectivity index (χ2v) is 11.5. The summed E-state index contributed by atoms with van der Waals surface area (Å²) in [4.78, 5) is 33.7. The zero-order valence-corrected chi connectivity index (χ0v) is 22.6. The highest BCUT2D eigenvalue weighted by Gasteiger charge is 2.25. The number of thioether (sulfide) groups is 1. The topological polar surface area (TPSA) is 73.2 Å². The Bertz CT molecular complexity index is 1510. The fourth-order valence-electron chi connectivity index (χ4n) is 4.52. The first-order valence-corrected chi connectivity index (χ1v) is 13.9. The lowest BCUT2D eigenvalue weighted by Crippen LogP contribution is -2.23. The number of amides is 1. The molecule has 0 fully saturated rings. The van der Waals surface area contributed by atoms with E-state index in [-0.39, 0.29) is 17.2 Å². The highest BCUT2D eigenvalue weighted by Crippen LogP contribution is 2.37. The molecule has 1 atom stereocenters. The molecule has 1 aliphatic carbocycles. The van der Waals surface area contributed by atoms with E-state index in [1.807, 2.05) is 37.3 Å². The molecule has 4 aromatic rings. The first-order chi connectivity index (χ1) is 17.4. The van der Waals surface area contributed by atoms with Gasteiger partial charge in [0.15, 0.2) is 5.16 Å². The number of carbonyl (C=O) groups excluding carboxylic acids is 1. The number of nitrogens with one attached hydrogen (secondary N) is 1. The first kappa shape index (κ1) is 24.9. The van der Waals surface area contributed by atoms with Crippen LogP contribution in [0.3, 0.4) is 0 Å². The molecule has 1 aliphatic rings. The van der Waals surface area contributed by atoms with Gasteiger partial charge in [-0.25, -0.2) is 4.98 Å². The van der Waals surface area contributed by atoms with E-state index in [1.54, 1.807) is 28.0 Å². The van der Waals surface area contributed by atoms with Gasteiger partial charge < -0.3 is 10.1 Å². The standard InChI is InChI=1S/C27H26ClN3O3S2/c1-15-9-10-18-22(11-15)36-25-24(18)26(33)31(17-7-5-4-6-8-17)27(30-25)35-14-23(32)29-20-12-16(2)19(28)13-21(20)34-3/h4-8,12-13,15H,9-11,14H2,1-3H3,(H,29,32). The van der Waals surface area contributed by atoms with Crippen molar-refractivity contribution in [1.82, 2.24) is 9.55 Å². The fraction of sp³-hybridized carbons (Fsp3) is 0.296. The maximum Gasteiger partial charge on any atom is 0.267 e. The molecule has 1 unspecified atom stereocenters. The van der Waals surface area contributed by atoms with Crippen LogP contribution in [0, 0.1) is 12.8 Å². The van der Waals surface area contributed by atoms with E-state index in [0.717, 1.165) is 46.3 Å². The van der Waals surface area contributed by atoms with Crippen LogP contribution in [0.2, 0.25) is 5.02 Å². The molecule has 36 heavy (non-hydrogen) atoms. The zero-order valence-electron chi connectivity index (χ0n) is 20.3. The molecule has 0 saturated heterocycles. The third kappa shape index (κ3) is 4.77. The molecule has 1 N–H and O–H groups in total. The SMILES string of the molecule is COc1cc(Cl)c(C)cc1NC(=O)CSc1nc2sc3c(c2c(=O)n1-c1ccccc1)CCC(C)C3. The van der Waals surface area contributed by atoms with Gasteiger partial charge in [0.05, 0.1) is 29.6 Å². The summed E-state index contributed by atoms with van der Waals surface area (Å²) in [6.45, 7) is 4.12. The van der Waals surface area contributed by atoms with Gasteiger partial charge in [-0.05, 0) is 61.4 Å². The summed E-state index contributed by atoms with van der Waals surface area (Å²) in [5, 5.41) is 4.69. The Balaban J connectivity index is 1.49. The number of halogens is 1. The number of methoxy groups -OCH3 is 1. The number of aromatic nitrogens is 2. The highest BCUT2D eigenvalue weighted by atomic mass is 35.5. The van der Waals surface area contributed by atoms with Crippen LogP contribution < -0.4 is 15.6 Å². The summed E-state index contributed by atoms with van der Waals surface area (Å²) in [6.07, 6.45) is 2.96. The number of nitrogens with zero attached hydrogens (tertiary/aromatic N) is 2. The van der Waals surface area contributed by atoms with E-state index >= 15 is 0 Å². The number of carbonyl (C=O) groups is 1. The van der Waals surface area contributed by atoms with E-state index in [2.05, 4.69) is 12.2 Å². The van der Waals surface area contributed by atoms with Crippen molar-refractivity contribution in [2.75, 3.05) is 18.2 Å². The smallest absolute Gasteiger partial charge is 0.267 e. The number of benzene rings is 2. The molecule has 9 heteroatoms. The van der Waals surface area contributed by atoms with Gasteiger partial charge in [-0.3, -0.25) is 14.2 Å². The van der Waals surface area contributed by atoms with Crippen LogP contribution in [-0.2, 0) is 17.6 Å². The molecule has 2 aromatic carbocycles. The molecule has 5 rings (SSSR count). The van der Waals surface area contributed by atoms with Crippen LogP contribution in [-0.4, -0.2) is 28.3 Å². The molecular formula is C27H26ClN3O3S2. The van der Waals surface area contributed by atoms with Gasteiger partial charge in [0, 0.05) is 16.0 Å². The van der Waals surface area contributed by atoms with E-state index in [1.165, 1.54) is 23.7 Å². The lowest BCUT2D eigenvalue weighted by molar-refractivity contribution is -0.113. The van der Waals surface area contributed by atoms with E-state index in [4.69, 9.17) is 21.3 Å². The van der Waals surface area contributed by atoms with Crippen molar-refractivity contribution < 1.29 is 9.53 Å². The van der Waals surface area contributed by atoms with Gasteiger partial charge in [0.1, 0.15) is 10.6 Å². The first-order valence-electron chi connectivity index (χ1n) is 11.7. The minimum atomic E-state index is -0.228. The van der Waals surface area contributed by atoms with Gasteiger partial charge in [0.2, 0.25) is 5.91 Å². The second-order valence-electron chi connectivity index (χ2n) is 9.04. The van der Waals surface area contributed by atoms with Crippen molar-refractivity contribution in [2.24, 2.45) is 5.92 Å². The van der Waals surface area contributed by atoms with Crippen molar-refractivity contribution in [3.05, 3.63) is 73.8 Å². The minimum absolute atomic E-state index is 0.0730. The molecule has 6 nitrogen and oxygen atoms in total. The summed E-state index contributed by atoms with van der Waals surface area (Å²) in [6, 6.07) is 12.9. The number of fused-ring (bicyclic) bond motifs is 3. The van der Waals surface area contributed by atoms with Crippen LogP contribution in [0.1, 0.15) is 29.3 Å². The van der Waals surface area contributed by atoms with Crippen LogP contribution >= 0.6 is 34.7 Å². The molecule has 1 amide bonds. The van der Waals surface area contributed by atoms with Crippen LogP contribution in [0.25, 0.3) is 15.9 Å². The monoisotopic (exact) mass is 539 g/mol. The lowest BCUT2D eigenvalue weighted by Gasteiger charge is -2.18. The predicted molar refractivity (Wildman–Crippen MR) is 149 cm³/mol. The van der Waals surface area contributed by atoms with Crippen LogP contribution in [0.5, 0.6) is 5.75 Å². The van der Waals surface area contributed by atoms with Crippen molar-refractivity contribution in [3.63, 3.8) is 0 Å². The van der Waals surface area contributed by atoms with Gasteiger partial charge >= 0.3 is 0 Å². The molecule has 0 radical (unpaired) electrons. The largest absolute Gasteiger partial charge is 0.495 e. The third-order valence-electron chi connectivity index (χ3n) is 6.40. The lowest BCUT2D eigenvalue weighted by atomic mass is 9.89. The molecular weight excluding hydrogens is 514 g/mol. The number of anilines is 1.